The average molecular weight is 459 g/mol. The number of para-hydroxylation sites is 1. The van der Waals surface area contributed by atoms with Crippen molar-refractivity contribution in [1.29, 1.82) is 0 Å². The van der Waals surface area contributed by atoms with Crippen LogP contribution < -0.4 is 4.43 Å². The summed E-state index contributed by atoms with van der Waals surface area (Å²) in [6, 6.07) is 16.3. The Morgan fingerprint density at radius 2 is 1.55 bits per heavy atom. The molecule has 2 nitrogen and oxygen atoms in total. The number of unbranched alkanes of at least 4 members (excludes halogenated alkanes) is 1. The molecule has 2 aromatic rings. The fourth-order valence-corrected chi connectivity index (χ4v) is 4.57. The van der Waals surface area contributed by atoms with Gasteiger partial charge in [-0.25, -0.2) is 0 Å². The third kappa shape index (κ3) is 7.53. The van der Waals surface area contributed by atoms with Crippen LogP contribution in [-0.4, -0.2) is 21.0 Å². The van der Waals surface area contributed by atoms with Gasteiger partial charge in [0.05, 0.1) is 11.7 Å². The predicted molar refractivity (Wildman–Crippen MR) is 141 cm³/mol. The van der Waals surface area contributed by atoms with E-state index in [9.17, 15) is 0 Å². The minimum Gasteiger partial charge on any atom is -0.543 e. The van der Waals surface area contributed by atoms with E-state index in [0.29, 0.717) is 6.10 Å². The van der Waals surface area contributed by atoms with Crippen LogP contribution in [0.25, 0.3) is 0 Å². The van der Waals surface area contributed by atoms with Crippen molar-refractivity contribution in [2.75, 3.05) is 6.61 Å². The van der Waals surface area contributed by atoms with Gasteiger partial charge >= 0.3 is 0 Å². The smallest absolute Gasteiger partial charge is 0.250 e. The Kier molecular flexibility index (Phi) is 8.85. The van der Waals surface area contributed by atoms with E-state index in [-0.39, 0.29) is 5.04 Å². The molecule has 1 aliphatic rings. The molecule has 0 saturated carbocycles. The molecule has 0 aliphatic carbocycles. The first kappa shape index (κ1) is 25.2. The van der Waals surface area contributed by atoms with E-state index in [1.807, 2.05) is 42.5 Å². The molecule has 0 radical (unpaired) electrons. The first-order valence-electron chi connectivity index (χ1n) is 12.3. The van der Waals surface area contributed by atoms with Gasteiger partial charge in [-0.2, -0.15) is 0 Å². The molecule has 1 aliphatic heterocycles. The third-order valence-corrected chi connectivity index (χ3v) is 11.0. The van der Waals surface area contributed by atoms with Crippen molar-refractivity contribution in [2.45, 2.75) is 83.5 Å². The van der Waals surface area contributed by atoms with Crippen LogP contribution >= 0.6 is 0 Å². The Bertz CT molecular complexity index is 1030. The molecule has 0 aromatic heterocycles. The Morgan fingerprint density at radius 1 is 0.909 bits per heavy atom. The van der Waals surface area contributed by atoms with Gasteiger partial charge in [-0.15, -0.1) is 0 Å². The largest absolute Gasteiger partial charge is 0.543 e. The molecule has 1 atom stereocenters. The zero-order chi connectivity index (χ0) is 23.7. The summed E-state index contributed by atoms with van der Waals surface area (Å²) in [4.78, 5) is 0. The van der Waals surface area contributed by atoms with Crippen molar-refractivity contribution < 1.29 is 9.16 Å². The molecule has 0 spiro atoms. The van der Waals surface area contributed by atoms with E-state index in [1.54, 1.807) is 0 Å². The summed E-state index contributed by atoms with van der Waals surface area (Å²) in [7, 11) is -1.93. The summed E-state index contributed by atoms with van der Waals surface area (Å²) >= 11 is 0. The highest BCUT2D eigenvalue weighted by Gasteiger charge is 2.39. The molecule has 174 valence electrons. The lowest BCUT2D eigenvalue weighted by Gasteiger charge is -2.36. The first-order chi connectivity index (χ1) is 15.8. The van der Waals surface area contributed by atoms with Crippen molar-refractivity contribution in [3.63, 3.8) is 0 Å². The summed E-state index contributed by atoms with van der Waals surface area (Å²) in [5.74, 6) is 14.3. The Morgan fingerprint density at radius 3 is 2.21 bits per heavy atom. The van der Waals surface area contributed by atoms with Gasteiger partial charge in [-0.3, -0.25) is 0 Å². The fraction of sp³-hybridized carbons (Fsp3) is 0.467. The summed E-state index contributed by atoms with van der Waals surface area (Å²) in [5, 5.41) is 0.138. The van der Waals surface area contributed by atoms with E-state index in [1.165, 1.54) is 19.3 Å². The van der Waals surface area contributed by atoms with E-state index >= 15 is 0 Å². The molecule has 3 heteroatoms. The Labute approximate surface area is 202 Å². The van der Waals surface area contributed by atoms with E-state index < -0.39 is 8.32 Å². The maximum Gasteiger partial charge on any atom is 0.250 e. The van der Waals surface area contributed by atoms with Crippen molar-refractivity contribution in [3.8, 4) is 29.4 Å². The molecule has 0 N–H and O–H groups in total. The van der Waals surface area contributed by atoms with Crippen LogP contribution in [0.2, 0.25) is 18.1 Å². The van der Waals surface area contributed by atoms with Crippen LogP contribution in [0.15, 0.2) is 48.5 Å². The second-order valence-corrected chi connectivity index (χ2v) is 15.1. The maximum absolute atomic E-state index is 6.56. The van der Waals surface area contributed by atoms with Crippen LogP contribution in [-0.2, 0) is 4.74 Å². The number of hydrogen-bond donors (Lipinski definition) is 0. The lowest BCUT2D eigenvalue weighted by molar-refractivity contribution is 0.0104. The quantitative estimate of drug-likeness (QED) is 0.261. The fourth-order valence-electron chi connectivity index (χ4n) is 3.53. The molecular weight excluding hydrogens is 420 g/mol. The van der Waals surface area contributed by atoms with Crippen molar-refractivity contribution in [3.05, 3.63) is 65.2 Å². The monoisotopic (exact) mass is 458 g/mol. The highest BCUT2D eigenvalue weighted by Crippen LogP contribution is 2.38. The van der Waals surface area contributed by atoms with E-state index in [4.69, 9.17) is 9.16 Å². The van der Waals surface area contributed by atoms with Crippen molar-refractivity contribution in [2.24, 2.45) is 0 Å². The predicted octanol–water partition coefficient (Wildman–Crippen LogP) is 7.56. The summed E-state index contributed by atoms with van der Waals surface area (Å²) in [6.45, 7) is 12.2. The number of benzene rings is 2. The van der Waals surface area contributed by atoms with Gasteiger partial charge in [0, 0.05) is 24.2 Å². The Hall–Kier alpha value is -2.46. The molecule has 2 aromatic carbocycles. The lowest BCUT2D eigenvalue weighted by atomic mass is 10.0. The third-order valence-electron chi connectivity index (χ3n) is 6.64. The highest BCUT2D eigenvalue weighted by atomic mass is 28.4. The van der Waals surface area contributed by atoms with Crippen LogP contribution in [0, 0.1) is 23.7 Å². The molecule has 0 amide bonds. The van der Waals surface area contributed by atoms with Crippen LogP contribution in [0.3, 0.4) is 0 Å². The molecule has 33 heavy (non-hydrogen) atoms. The first-order valence-corrected chi connectivity index (χ1v) is 15.2. The van der Waals surface area contributed by atoms with Gasteiger partial charge in [0.2, 0.25) is 0 Å². The van der Waals surface area contributed by atoms with Gasteiger partial charge in [0.1, 0.15) is 5.75 Å². The SMILES string of the molecule is CC(C)(C)[Si](C)(C)Oc1ccccc1C#Cc1ccccc1C#CCCCC1CCCCO1. The summed E-state index contributed by atoms with van der Waals surface area (Å²) in [6.07, 6.45) is 7.24. The Balaban J connectivity index is 1.70. The molecule has 1 unspecified atom stereocenters. The maximum atomic E-state index is 6.56. The summed E-state index contributed by atoms with van der Waals surface area (Å²) in [5.41, 5.74) is 2.88. The molecule has 1 saturated heterocycles. The number of hydrogen-bond acceptors (Lipinski definition) is 2. The molecule has 1 heterocycles. The van der Waals surface area contributed by atoms with Gasteiger partial charge in [-0.05, 0) is 74.5 Å². The van der Waals surface area contributed by atoms with E-state index in [2.05, 4.69) is 63.6 Å². The minimum absolute atomic E-state index is 0.138. The van der Waals surface area contributed by atoms with E-state index in [0.717, 1.165) is 48.3 Å². The van der Waals surface area contributed by atoms with Crippen LogP contribution in [0.4, 0.5) is 0 Å². The van der Waals surface area contributed by atoms with Crippen LogP contribution in [0.1, 0.15) is 76.0 Å². The molecule has 0 bridgehead atoms. The second kappa shape index (κ2) is 11.6. The van der Waals surface area contributed by atoms with Gasteiger partial charge in [0.15, 0.2) is 0 Å². The molecule has 3 rings (SSSR count). The zero-order valence-corrected chi connectivity index (χ0v) is 22.0. The average Bonchev–Trinajstić information content (AvgIpc) is 2.79. The van der Waals surface area contributed by atoms with Crippen molar-refractivity contribution >= 4 is 8.32 Å². The topological polar surface area (TPSA) is 18.5 Å². The zero-order valence-electron chi connectivity index (χ0n) is 21.0. The standard InChI is InChI=1S/C30H38O2Si/c1-30(2,3)33(4,5)32-29-21-12-11-18-27(29)23-22-26-17-10-9-16-25(26)15-7-6-8-19-28-20-13-14-24-31-28/h9-12,16-18,21,28H,6,8,13-14,19-20,24H2,1-5H3. The highest BCUT2D eigenvalue weighted by molar-refractivity contribution is 6.74. The molecule has 1 fully saturated rings. The minimum atomic E-state index is -1.93. The van der Waals surface area contributed by atoms with Crippen molar-refractivity contribution in [1.82, 2.24) is 0 Å². The van der Waals surface area contributed by atoms with Gasteiger partial charge in [0.25, 0.3) is 8.32 Å². The van der Waals surface area contributed by atoms with Crippen LogP contribution in [0.5, 0.6) is 5.75 Å². The normalized spacial score (nSPS) is 16.2. The van der Waals surface area contributed by atoms with Gasteiger partial charge < -0.3 is 9.16 Å². The number of rotatable bonds is 5. The molecular formula is C30H38O2Si. The van der Waals surface area contributed by atoms with Gasteiger partial charge in [-0.1, -0.05) is 68.7 Å². The summed E-state index contributed by atoms with van der Waals surface area (Å²) < 4.78 is 12.4. The number of ether oxygens (including phenoxy) is 1. The second-order valence-electron chi connectivity index (χ2n) is 10.3. The lowest BCUT2D eigenvalue weighted by Crippen LogP contribution is -2.44.